The fourth-order valence-corrected chi connectivity index (χ4v) is 4.56. The number of benzene rings is 2. The summed E-state index contributed by atoms with van der Waals surface area (Å²) in [5, 5.41) is 5.01. The summed E-state index contributed by atoms with van der Waals surface area (Å²) in [7, 11) is 1.57. The molecule has 9 heteroatoms. The first kappa shape index (κ1) is 21.9. The first-order valence-corrected chi connectivity index (χ1v) is 11.1. The molecule has 0 saturated carbocycles. The van der Waals surface area contributed by atoms with Crippen LogP contribution in [0.4, 0.5) is 15.8 Å². The summed E-state index contributed by atoms with van der Waals surface area (Å²) in [6, 6.07) is 15.6. The second-order valence-corrected chi connectivity index (χ2v) is 8.53. The maximum Gasteiger partial charge on any atom is 0.256 e. The van der Waals surface area contributed by atoms with Crippen molar-refractivity contribution in [3.8, 4) is 5.75 Å². The van der Waals surface area contributed by atoms with Gasteiger partial charge in [0.15, 0.2) is 5.11 Å². The molecule has 0 unspecified atom stereocenters. The van der Waals surface area contributed by atoms with Crippen LogP contribution in [0.5, 0.6) is 5.75 Å². The summed E-state index contributed by atoms with van der Waals surface area (Å²) in [5.41, 5.74) is 1.07. The molecule has 1 aliphatic heterocycles. The van der Waals surface area contributed by atoms with E-state index in [1.807, 2.05) is 17.5 Å². The second kappa shape index (κ2) is 9.46. The molecular weight excluding hydrogens is 449 g/mol. The lowest BCUT2D eigenvalue weighted by Crippen LogP contribution is -2.37. The first-order chi connectivity index (χ1) is 15.5. The van der Waals surface area contributed by atoms with Gasteiger partial charge < -0.3 is 15.0 Å². The highest BCUT2D eigenvalue weighted by Crippen LogP contribution is 2.30. The van der Waals surface area contributed by atoms with Gasteiger partial charge in [-0.05, 0) is 72.2 Å². The molecule has 2 amide bonds. The molecule has 32 heavy (non-hydrogen) atoms. The van der Waals surface area contributed by atoms with Crippen LogP contribution in [0.2, 0.25) is 0 Å². The number of thiophene rings is 1. The Morgan fingerprint density at radius 2 is 1.88 bits per heavy atom. The Morgan fingerprint density at radius 3 is 2.50 bits per heavy atom. The van der Waals surface area contributed by atoms with Crippen LogP contribution in [-0.2, 0) is 16.1 Å². The third-order valence-corrected chi connectivity index (χ3v) is 6.34. The molecule has 0 spiro atoms. The summed E-state index contributed by atoms with van der Waals surface area (Å²) < 4.78 is 18.3. The smallest absolute Gasteiger partial charge is 0.256 e. The standard InChI is InChI=1S/C23H20FN3O3S2/c1-30-18-10-8-17(9-11-18)27-22(29)20(26(23(27)31)14-19-3-2-12-32-19)13-21(28)25-16-6-4-15(24)5-7-16/h2-12,20H,13-14H2,1H3,(H,25,28)/t20-/m1/s1. The fraction of sp³-hybridized carbons (Fsp3) is 0.174. The molecule has 0 aliphatic carbocycles. The molecule has 0 bridgehead atoms. The number of amides is 2. The number of thiocarbonyl (C=S) groups is 1. The number of hydrogen-bond donors (Lipinski definition) is 1. The van der Waals surface area contributed by atoms with Crippen LogP contribution in [0.1, 0.15) is 11.3 Å². The maximum absolute atomic E-state index is 13.4. The summed E-state index contributed by atoms with van der Waals surface area (Å²) in [6.45, 7) is 0.420. The van der Waals surface area contributed by atoms with Gasteiger partial charge in [-0.25, -0.2) is 4.39 Å². The van der Waals surface area contributed by atoms with Crippen LogP contribution in [0, 0.1) is 5.82 Å². The van der Waals surface area contributed by atoms with E-state index in [0.29, 0.717) is 28.8 Å². The van der Waals surface area contributed by atoms with Gasteiger partial charge in [-0.15, -0.1) is 11.3 Å². The van der Waals surface area contributed by atoms with E-state index < -0.39 is 11.9 Å². The first-order valence-electron chi connectivity index (χ1n) is 9.82. The molecule has 1 aliphatic rings. The van der Waals surface area contributed by atoms with Crippen LogP contribution < -0.4 is 15.0 Å². The molecule has 0 radical (unpaired) electrons. The molecule has 6 nitrogen and oxygen atoms in total. The molecule has 3 aromatic rings. The second-order valence-electron chi connectivity index (χ2n) is 7.14. The van der Waals surface area contributed by atoms with E-state index in [-0.39, 0.29) is 18.2 Å². The molecule has 2 aromatic carbocycles. The van der Waals surface area contributed by atoms with Gasteiger partial charge in [0.05, 0.1) is 25.8 Å². The van der Waals surface area contributed by atoms with Crippen molar-refractivity contribution in [2.45, 2.75) is 19.0 Å². The summed E-state index contributed by atoms with van der Waals surface area (Å²) >= 11 is 7.22. The lowest BCUT2D eigenvalue weighted by Gasteiger charge is -2.23. The largest absolute Gasteiger partial charge is 0.497 e. The molecule has 1 saturated heterocycles. The number of carbonyl (C=O) groups is 2. The number of methoxy groups -OCH3 is 1. The van der Waals surface area contributed by atoms with E-state index in [1.54, 1.807) is 47.6 Å². The Kier molecular flexibility index (Phi) is 6.48. The third kappa shape index (κ3) is 4.63. The fourth-order valence-electron chi connectivity index (χ4n) is 3.47. The topological polar surface area (TPSA) is 61.9 Å². The number of rotatable bonds is 7. The van der Waals surface area contributed by atoms with Crippen molar-refractivity contribution >= 4 is 51.9 Å². The van der Waals surface area contributed by atoms with Crippen molar-refractivity contribution in [1.82, 2.24) is 4.90 Å². The minimum atomic E-state index is -0.757. The van der Waals surface area contributed by atoms with Crippen molar-refractivity contribution in [3.63, 3.8) is 0 Å². The van der Waals surface area contributed by atoms with Crippen LogP contribution in [0.3, 0.4) is 0 Å². The number of carbonyl (C=O) groups excluding carboxylic acids is 2. The number of anilines is 2. The molecule has 1 aromatic heterocycles. The highest BCUT2D eigenvalue weighted by atomic mass is 32.1. The monoisotopic (exact) mass is 469 g/mol. The molecule has 1 atom stereocenters. The Hall–Kier alpha value is -3.30. The van der Waals surface area contributed by atoms with Gasteiger partial charge in [0, 0.05) is 10.6 Å². The molecule has 1 fully saturated rings. The Morgan fingerprint density at radius 1 is 1.16 bits per heavy atom. The van der Waals surface area contributed by atoms with E-state index >= 15 is 0 Å². The zero-order valence-electron chi connectivity index (χ0n) is 17.2. The van der Waals surface area contributed by atoms with Gasteiger partial charge in [0.1, 0.15) is 17.6 Å². The van der Waals surface area contributed by atoms with Gasteiger partial charge in [-0.3, -0.25) is 14.5 Å². The molecule has 1 N–H and O–H groups in total. The normalized spacial score (nSPS) is 15.9. The van der Waals surface area contributed by atoms with Crippen LogP contribution in [-0.4, -0.2) is 35.0 Å². The van der Waals surface area contributed by atoms with E-state index in [4.69, 9.17) is 17.0 Å². The average Bonchev–Trinajstić information content (AvgIpc) is 3.38. The Labute approximate surface area is 194 Å². The van der Waals surface area contributed by atoms with Crippen LogP contribution >= 0.6 is 23.6 Å². The van der Waals surface area contributed by atoms with E-state index in [9.17, 15) is 14.0 Å². The number of hydrogen-bond acceptors (Lipinski definition) is 5. The number of nitrogens with one attached hydrogen (secondary N) is 1. The van der Waals surface area contributed by atoms with Crippen molar-refractivity contribution in [3.05, 3.63) is 76.7 Å². The molecular formula is C23H20FN3O3S2. The lowest BCUT2D eigenvalue weighted by atomic mass is 10.1. The van der Waals surface area contributed by atoms with Crippen molar-refractivity contribution in [1.29, 1.82) is 0 Å². The number of ether oxygens (including phenoxy) is 1. The zero-order valence-corrected chi connectivity index (χ0v) is 18.8. The van der Waals surface area contributed by atoms with E-state index in [0.717, 1.165) is 4.88 Å². The zero-order chi connectivity index (χ0) is 22.7. The summed E-state index contributed by atoms with van der Waals surface area (Å²) in [5.74, 6) is -0.356. The quantitative estimate of drug-likeness (QED) is 0.519. The minimum absolute atomic E-state index is 0.0889. The average molecular weight is 470 g/mol. The van der Waals surface area contributed by atoms with Gasteiger partial charge in [-0.2, -0.15) is 0 Å². The maximum atomic E-state index is 13.4. The lowest BCUT2D eigenvalue weighted by molar-refractivity contribution is -0.124. The van der Waals surface area contributed by atoms with Gasteiger partial charge in [-0.1, -0.05) is 6.07 Å². The third-order valence-electron chi connectivity index (χ3n) is 5.06. The van der Waals surface area contributed by atoms with Gasteiger partial charge >= 0.3 is 0 Å². The van der Waals surface area contributed by atoms with Crippen LogP contribution in [0.25, 0.3) is 0 Å². The van der Waals surface area contributed by atoms with Crippen molar-refractivity contribution in [2.24, 2.45) is 0 Å². The van der Waals surface area contributed by atoms with Crippen molar-refractivity contribution in [2.75, 3.05) is 17.3 Å². The van der Waals surface area contributed by atoms with Crippen molar-refractivity contribution < 1.29 is 18.7 Å². The van der Waals surface area contributed by atoms with Gasteiger partial charge in [0.2, 0.25) is 5.91 Å². The Balaban J connectivity index is 1.57. The van der Waals surface area contributed by atoms with E-state index in [1.165, 1.54) is 29.2 Å². The number of nitrogens with zero attached hydrogens (tertiary/aromatic N) is 2. The van der Waals surface area contributed by atoms with Gasteiger partial charge in [0.25, 0.3) is 5.91 Å². The highest BCUT2D eigenvalue weighted by molar-refractivity contribution is 7.80. The summed E-state index contributed by atoms with van der Waals surface area (Å²) in [4.78, 5) is 30.4. The highest BCUT2D eigenvalue weighted by Gasteiger charge is 2.44. The predicted molar refractivity (Wildman–Crippen MR) is 126 cm³/mol. The Bertz CT molecular complexity index is 1120. The summed E-state index contributed by atoms with van der Waals surface area (Å²) in [6.07, 6.45) is -0.0889. The molecule has 4 rings (SSSR count). The SMILES string of the molecule is COc1ccc(N2C(=O)[C@@H](CC(=O)Nc3ccc(F)cc3)N(Cc3cccs3)C2=S)cc1. The molecule has 164 valence electrons. The van der Waals surface area contributed by atoms with E-state index in [2.05, 4.69) is 5.32 Å². The minimum Gasteiger partial charge on any atom is -0.497 e. The number of halogens is 1. The van der Waals surface area contributed by atoms with Crippen LogP contribution in [0.15, 0.2) is 66.0 Å². The molecule has 2 heterocycles. The predicted octanol–water partition coefficient (Wildman–Crippen LogP) is 4.43.